The molecule has 1 heterocycles. The fraction of sp³-hybridized carbons (Fsp3) is 0.393. The van der Waals surface area contributed by atoms with Crippen LogP contribution in [0, 0.1) is 5.92 Å². The summed E-state index contributed by atoms with van der Waals surface area (Å²) in [5, 5.41) is 8.60. The molecule has 0 radical (unpaired) electrons. The fourth-order valence-electron chi connectivity index (χ4n) is 4.03. The molecular weight excluding hydrogens is 456 g/mol. The van der Waals surface area contributed by atoms with E-state index in [1.54, 1.807) is 36.1 Å². The van der Waals surface area contributed by atoms with Gasteiger partial charge < -0.3 is 20.7 Å². The van der Waals surface area contributed by atoms with E-state index in [0.29, 0.717) is 30.1 Å². The third kappa shape index (κ3) is 6.65. The number of nitrogens with one attached hydrogen (secondary N) is 3. The zero-order valence-electron chi connectivity index (χ0n) is 21.7. The highest BCUT2D eigenvalue weighted by atomic mass is 16.5. The van der Waals surface area contributed by atoms with Crippen molar-refractivity contribution in [3.63, 3.8) is 0 Å². The van der Waals surface area contributed by atoms with Crippen LogP contribution in [-0.4, -0.2) is 36.1 Å². The highest BCUT2D eigenvalue weighted by Gasteiger charge is 2.36. The summed E-state index contributed by atoms with van der Waals surface area (Å²) in [6.45, 7) is 10.6. The molecule has 8 nitrogen and oxygen atoms in total. The quantitative estimate of drug-likeness (QED) is 0.383. The summed E-state index contributed by atoms with van der Waals surface area (Å²) in [4.78, 5) is 39.9. The first-order chi connectivity index (χ1) is 17.2. The van der Waals surface area contributed by atoms with Gasteiger partial charge in [0.1, 0.15) is 0 Å². The number of amides is 4. The van der Waals surface area contributed by atoms with Gasteiger partial charge in [-0.25, -0.2) is 14.4 Å². The van der Waals surface area contributed by atoms with E-state index in [4.69, 9.17) is 4.74 Å². The number of hydrogen-bond acceptors (Lipinski definition) is 4. The predicted octanol–water partition coefficient (Wildman–Crippen LogP) is 5.84. The Morgan fingerprint density at radius 1 is 1.06 bits per heavy atom. The maximum absolute atomic E-state index is 13.1. The molecule has 8 heteroatoms. The topological polar surface area (TPSA) is 99.8 Å². The molecule has 0 saturated heterocycles. The van der Waals surface area contributed by atoms with Gasteiger partial charge in [-0.3, -0.25) is 4.90 Å². The van der Waals surface area contributed by atoms with Gasteiger partial charge in [-0.2, -0.15) is 0 Å². The minimum atomic E-state index is -0.648. The molecule has 1 aliphatic rings. The lowest BCUT2D eigenvalue weighted by Crippen LogP contribution is -2.48. The Labute approximate surface area is 213 Å². The molecule has 0 saturated carbocycles. The van der Waals surface area contributed by atoms with Crippen LogP contribution in [0.1, 0.15) is 58.2 Å². The first-order valence-corrected chi connectivity index (χ1v) is 12.5. The van der Waals surface area contributed by atoms with E-state index in [1.165, 1.54) is 0 Å². The lowest BCUT2D eigenvalue weighted by Gasteiger charge is -2.35. The minimum absolute atomic E-state index is 0.194. The second-order valence-electron chi connectivity index (χ2n) is 9.28. The molecular formula is C28H36N4O4. The largest absolute Gasteiger partial charge is 0.462 e. The summed E-state index contributed by atoms with van der Waals surface area (Å²) in [7, 11) is 0. The number of nitrogens with zero attached hydrogens (tertiary/aromatic N) is 1. The van der Waals surface area contributed by atoms with Crippen LogP contribution in [0.4, 0.5) is 21.0 Å². The van der Waals surface area contributed by atoms with Crippen molar-refractivity contribution in [1.82, 2.24) is 10.2 Å². The second-order valence-corrected chi connectivity index (χ2v) is 9.28. The second kappa shape index (κ2) is 12.2. The van der Waals surface area contributed by atoms with Gasteiger partial charge in [0, 0.05) is 23.6 Å². The van der Waals surface area contributed by atoms with Crippen LogP contribution in [0.15, 0.2) is 59.8 Å². The molecule has 3 rings (SSSR count). The number of esters is 1. The van der Waals surface area contributed by atoms with Crippen molar-refractivity contribution in [1.29, 1.82) is 0 Å². The van der Waals surface area contributed by atoms with Crippen LogP contribution in [0.3, 0.4) is 0 Å². The molecule has 36 heavy (non-hydrogen) atoms. The number of benzene rings is 2. The van der Waals surface area contributed by atoms with E-state index < -0.39 is 12.0 Å². The molecule has 1 atom stereocenters. The maximum atomic E-state index is 13.1. The van der Waals surface area contributed by atoms with Gasteiger partial charge in [0.2, 0.25) is 0 Å². The Morgan fingerprint density at radius 2 is 1.75 bits per heavy atom. The van der Waals surface area contributed by atoms with Gasteiger partial charge in [0.15, 0.2) is 0 Å². The Morgan fingerprint density at radius 3 is 2.39 bits per heavy atom. The SMILES string of the molecule is CCCN1C(=O)NC(c2ccc(NC(=O)Nc3cccc(CC)c3)cc2)C(C(=O)OCC(C)C)=C1C. The molecule has 1 aliphatic heterocycles. The molecule has 1 unspecified atom stereocenters. The number of rotatable bonds is 9. The first-order valence-electron chi connectivity index (χ1n) is 12.5. The minimum Gasteiger partial charge on any atom is -0.462 e. The summed E-state index contributed by atoms with van der Waals surface area (Å²) in [6.07, 6.45) is 1.64. The highest BCUT2D eigenvalue weighted by Crippen LogP contribution is 2.32. The fourth-order valence-corrected chi connectivity index (χ4v) is 4.03. The predicted molar refractivity (Wildman–Crippen MR) is 142 cm³/mol. The van der Waals surface area contributed by atoms with Crippen molar-refractivity contribution < 1.29 is 19.1 Å². The van der Waals surface area contributed by atoms with Crippen LogP contribution < -0.4 is 16.0 Å². The number of anilines is 2. The number of aryl methyl sites for hydroxylation is 1. The number of allylic oxidation sites excluding steroid dienone is 1. The van der Waals surface area contributed by atoms with Crippen LogP contribution in [0.25, 0.3) is 0 Å². The van der Waals surface area contributed by atoms with E-state index in [0.717, 1.165) is 29.7 Å². The smallest absolute Gasteiger partial charge is 0.338 e. The van der Waals surface area contributed by atoms with E-state index >= 15 is 0 Å². The molecule has 0 aliphatic carbocycles. The van der Waals surface area contributed by atoms with Gasteiger partial charge >= 0.3 is 18.0 Å². The van der Waals surface area contributed by atoms with Crippen molar-refractivity contribution in [2.24, 2.45) is 5.92 Å². The highest BCUT2D eigenvalue weighted by molar-refractivity contribution is 6.00. The van der Waals surface area contributed by atoms with E-state index in [-0.39, 0.29) is 18.0 Å². The summed E-state index contributed by atoms with van der Waals surface area (Å²) in [6, 6.07) is 13.5. The number of urea groups is 2. The molecule has 0 bridgehead atoms. The number of carbonyl (C=O) groups excluding carboxylic acids is 3. The number of hydrogen-bond donors (Lipinski definition) is 3. The molecule has 0 spiro atoms. The third-order valence-corrected chi connectivity index (χ3v) is 5.91. The van der Waals surface area contributed by atoms with Crippen molar-refractivity contribution in [3.05, 3.63) is 70.9 Å². The zero-order chi connectivity index (χ0) is 26.2. The Kier molecular flexibility index (Phi) is 9.11. The van der Waals surface area contributed by atoms with Gasteiger partial charge in [-0.15, -0.1) is 0 Å². The standard InChI is InChI=1S/C28H36N4O4/c1-6-15-32-19(5)24(26(33)36-17-18(3)4)25(31-28(32)35)21-11-13-22(14-12-21)29-27(34)30-23-10-8-9-20(7-2)16-23/h8-14,16,18,25H,6-7,15,17H2,1-5H3,(H,31,35)(H2,29,30,34). The Balaban J connectivity index is 1.78. The summed E-state index contributed by atoms with van der Waals surface area (Å²) < 4.78 is 5.54. The average Bonchev–Trinajstić information content (AvgIpc) is 2.85. The average molecular weight is 493 g/mol. The zero-order valence-corrected chi connectivity index (χ0v) is 21.7. The lowest BCUT2D eigenvalue weighted by atomic mass is 9.94. The van der Waals surface area contributed by atoms with Crippen molar-refractivity contribution >= 4 is 29.4 Å². The molecule has 3 N–H and O–H groups in total. The Hall–Kier alpha value is -3.81. The lowest BCUT2D eigenvalue weighted by molar-refractivity contribution is -0.140. The number of carbonyl (C=O) groups is 3. The van der Waals surface area contributed by atoms with Gasteiger partial charge in [-0.1, -0.05) is 52.0 Å². The molecule has 0 aromatic heterocycles. The van der Waals surface area contributed by atoms with Crippen LogP contribution in [0.2, 0.25) is 0 Å². The molecule has 2 aromatic rings. The maximum Gasteiger partial charge on any atom is 0.338 e. The first kappa shape index (κ1) is 26.8. The Bertz CT molecular complexity index is 1120. The monoisotopic (exact) mass is 492 g/mol. The molecule has 2 aromatic carbocycles. The summed E-state index contributed by atoms with van der Waals surface area (Å²) >= 11 is 0. The van der Waals surface area contributed by atoms with Crippen molar-refractivity contribution in [2.75, 3.05) is 23.8 Å². The van der Waals surface area contributed by atoms with Crippen LogP contribution in [-0.2, 0) is 16.0 Å². The summed E-state index contributed by atoms with van der Waals surface area (Å²) in [5.74, 6) is -0.248. The van der Waals surface area contributed by atoms with E-state index in [1.807, 2.05) is 45.0 Å². The van der Waals surface area contributed by atoms with E-state index in [2.05, 4.69) is 22.9 Å². The summed E-state index contributed by atoms with van der Waals surface area (Å²) in [5.41, 5.74) is 4.16. The van der Waals surface area contributed by atoms with Crippen molar-refractivity contribution in [2.45, 2.75) is 53.5 Å². The molecule has 0 fully saturated rings. The molecule has 4 amide bonds. The van der Waals surface area contributed by atoms with Crippen molar-refractivity contribution in [3.8, 4) is 0 Å². The molecule has 192 valence electrons. The number of ether oxygens (including phenoxy) is 1. The normalized spacial score (nSPS) is 15.6. The van der Waals surface area contributed by atoms with Gasteiger partial charge in [0.25, 0.3) is 0 Å². The van der Waals surface area contributed by atoms with E-state index in [9.17, 15) is 14.4 Å². The van der Waals surface area contributed by atoms with Gasteiger partial charge in [-0.05, 0) is 61.1 Å². The van der Waals surface area contributed by atoms with Gasteiger partial charge in [0.05, 0.1) is 18.2 Å². The van der Waals surface area contributed by atoms with Crippen LogP contribution >= 0.6 is 0 Å². The van der Waals surface area contributed by atoms with Crippen LogP contribution in [0.5, 0.6) is 0 Å². The third-order valence-electron chi connectivity index (χ3n) is 5.91.